The van der Waals surface area contributed by atoms with E-state index in [4.69, 9.17) is 8.83 Å². The van der Waals surface area contributed by atoms with Gasteiger partial charge in [0.1, 0.15) is 11.3 Å². The Morgan fingerprint density at radius 1 is 1.10 bits per heavy atom. The first-order valence-corrected chi connectivity index (χ1v) is 9.60. The maximum absolute atomic E-state index is 5.92. The molecule has 0 amide bonds. The van der Waals surface area contributed by atoms with Crippen molar-refractivity contribution in [2.75, 3.05) is 7.05 Å². The van der Waals surface area contributed by atoms with E-state index >= 15 is 0 Å². The number of guanidine groups is 1. The highest BCUT2D eigenvalue weighted by Crippen LogP contribution is 2.23. The molecule has 0 spiro atoms. The SMILES string of the molecule is CN=C(NCc1ncc(-c2ccc(C)cc2)o1)NC(C)c1cc2ccccc2o1. The Hall–Kier alpha value is -3.54. The molecule has 0 aliphatic heterocycles. The Bertz CT molecular complexity index is 1090. The van der Waals surface area contributed by atoms with E-state index in [0.29, 0.717) is 18.4 Å². The molecule has 0 saturated heterocycles. The molecule has 2 heterocycles. The third-order valence-corrected chi connectivity index (χ3v) is 4.74. The zero-order chi connectivity index (χ0) is 20.2. The van der Waals surface area contributed by atoms with Crippen LogP contribution in [0, 0.1) is 6.92 Å². The average Bonchev–Trinajstić information content (AvgIpc) is 3.38. The molecular weight excluding hydrogens is 364 g/mol. The van der Waals surface area contributed by atoms with Gasteiger partial charge in [0, 0.05) is 18.0 Å². The van der Waals surface area contributed by atoms with Crippen molar-refractivity contribution in [3.8, 4) is 11.3 Å². The number of hydrogen-bond donors (Lipinski definition) is 2. The van der Waals surface area contributed by atoms with E-state index in [2.05, 4.69) is 39.7 Å². The van der Waals surface area contributed by atoms with Crippen molar-refractivity contribution >= 4 is 16.9 Å². The topological polar surface area (TPSA) is 75.6 Å². The molecule has 6 heteroatoms. The average molecular weight is 388 g/mol. The molecule has 0 aliphatic carbocycles. The summed E-state index contributed by atoms with van der Waals surface area (Å²) in [6, 6.07) is 18.1. The minimum Gasteiger partial charge on any atom is -0.459 e. The number of rotatable bonds is 5. The molecule has 0 radical (unpaired) electrons. The first-order valence-electron chi connectivity index (χ1n) is 9.60. The molecule has 2 aromatic heterocycles. The zero-order valence-corrected chi connectivity index (χ0v) is 16.8. The smallest absolute Gasteiger partial charge is 0.214 e. The Morgan fingerprint density at radius 3 is 2.66 bits per heavy atom. The van der Waals surface area contributed by atoms with Gasteiger partial charge >= 0.3 is 0 Å². The number of nitrogens with zero attached hydrogens (tertiary/aromatic N) is 2. The maximum Gasteiger partial charge on any atom is 0.214 e. The highest BCUT2D eigenvalue weighted by atomic mass is 16.4. The number of aryl methyl sites for hydroxylation is 1. The van der Waals surface area contributed by atoms with Gasteiger partial charge in [0.15, 0.2) is 11.7 Å². The maximum atomic E-state index is 5.92. The molecule has 4 aromatic rings. The number of furan rings is 1. The van der Waals surface area contributed by atoms with Crippen LogP contribution in [0.3, 0.4) is 0 Å². The molecule has 2 N–H and O–H groups in total. The second kappa shape index (κ2) is 8.22. The summed E-state index contributed by atoms with van der Waals surface area (Å²) in [6.45, 7) is 4.52. The minimum absolute atomic E-state index is 0.0405. The van der Waals surface area contributed by atoms with Gasteiger partial charge < -0.3 is 19.5 Å². The van der Waals surface area contributed by atoms with Crippen molar-refractivity contribution in [1.29, 1.82) is 0 Å². The molecule has 0 saturated carbocycles. The molecule has 1 unspecified atom stereocenters. The van der Waals surface area contributed by atoms with Crippen LogP contribution in [-0.2, 0) is 6.54 Å². The Balaban J connectivity index is 1.37. The lowest BCUT2D eigenvalue weighted by atomic mass is 10.1. The second-order valence-electron chi connectivity index (χ2n) is 6.96. The van der Waals surface area contributed by atoms with Crippen molar-refractivity contribution in [1.82, 2.24) is 15.6 Å². The number of aliphatic imine (C=N–C) groups is 1. The van der Waals surface area contributed by atoms with Gasteiger partial charge in [0.25, 0.3) is 0 Å². The van der Waals surface area contributed by atoms with Crippen LogP contribution >= 0.6 is 0 Å². The summed E-state index contributed by atoms with van der Waals surface area (Å²) in [5.41, 5.74) is 3.10. The van der Waals surface area contributed by atoms with Crippen LogP contribution in [0.1, 0.15) is 30.2 Å². The second-order valence-corrected chi connectivity index (χ2v) is 6.96. The van der Waals surface area contributed by atoms with Gasteiger partial charge in [0.2, 0.25) is 5.89 Å². The Labute approximate surface area is 169 Å². The molecular formula is C23H24N4O2. The number of hydrogen-bond acceptors (Lipinski definition) is 4. The largest absolute Gasteiger partial charge is 0.459 e. The summed E-state index contributed by atoms with van der Waals surface area (Å²) >= 11 is 0. The van der Waals surface area contributed by atoms with Crippen LogP contribution in [-0.4, -0.2) is 18.0 Å². The van der Waals surface area contributed by atoms with Crippen molar-refractivity contribution in [2.45, 2.75) is 26.4 Å². The predicted octanol–water partition coefficient (Wildman–Crippen LogP) is 4.82. The molecule has 1 atom stereocenters. The molecule has 6 nitrogen and oxygen atoms in total. The van der Waals surface area contributed by atoms with Crippen LogP contribution in [0.15, 0.2) is 74.6 Å². The Morgan fingerprint density at radius 2 is 1.90 bits per heavy atom. The van der Waals surface area contributed by atoms with E-state index in [-0.39, 0.29) is 6.04 Å². The molecule has 148 valence electrons. The molecule has 0 aliphatic rings. The summed E-state index contributed by atoms with van der Waals surface area (Å²) in [5, 5.41) is 7.66. The van der Waals surface area contributed by atoms with E-state index in [9.17, 15) is 0 Å². The normalized spacial score (nSPS) is 12.9. The lowest BCUT2D eigenvalue weighted by Gasteiger charge is -2.15. The van der Waals surface area contributed by atoms with Gasteiger partial charge in [-0.05, 0) is 26.0 Å². The van der Waals surface area contributed by atoms with Gasteiger partial charge in [-0.1, -0.05) is 48.0 Å². The van der Waals surface area contributed by atoms with Crippen LogP contribution in [0.2, 0.25) is 0 Å². The van der Waals surface area contributed by atoms with Crippen molar-refractivity contribution in [3.63, 3.8) is 0 Å². The molecule has 0 bridgehead atoms. The summed E-state index contributed by atoms with van der Waals surface area (Å²) in [7, 11) is 1.73. The quantitative estimate of drug-likeness (QED) is 0.379. The number of aromatic nitrogens is 1. The minimum atomic E-state index is -0.0405. The molecule has 0 fully saturated rings. The van der Waals surface area contributed by atoms with Crippen molar-refractivity contribution < 1.29 is 8.83 Å². The van der Waals surface area contributed by atoms with Crippen LogP contribution in [0.4, 0.5) is 0 Å². The fraction of sp³-hybridized carbons (Fsp3) is 0.217. The van der Waals surface area contributed by atoms with Crippen molar-refractivity contribution in [2.24, 2.45) is 4.99 Å². The summed E-state index contributed by atoms with van der Waals surface area (Å²) in [6.07, 6.45) is 1.74. The molecule has 29 heavy (non-hydrogen) atoms. The number of benzene rings is 2. The highest BCUT2D eigenvalue weighted by Gasteiger charge is 2.14. The summed E-state index contributed by atoms with van der Waals surface area (Å²) in [5.74, 6) is 2.85. The third-order valence-electron chi connectivity index (χ3n) is 4.74. The number of para-hydroxylation sites is 1. The zero-order valence-electron chi connectivity index (χ0n) is 16.8. The van der Waals surface area contributed by atoms with E-state index in [0.717, 1.165) is 28.1 Å². The predicted molar refractivity (Wildman–Crippen MR) is 115 cm³/mol. The van der Waals surface area contributed by atoms with E-state index in [1.807, 2.05) is 49.4 Å². The summed E-state index contributed by atoms with van der Waals surface area (Å²) in [4.78, 5) is 8.64. The highest BCUT2D eigenvalue weighted by molar-refractivity contribution is 5.81. The van der Waals surface area contributed by atoms with Crippen LogP contribution in [0.5, 0.6) is 0 Å². The van der Waals surface area contributed by atoms with Gasteiger partial charge in [0.05, 0.1) is 18.8 Å². The lowest BCUT2D eigenvalue weighted by molar-refractivity contribution is 0.480. The monoisotopic (exact) mass is 388 g/mol. The van der Waals surface area contributed by atoms with Gasteiger partial charge in [-0.3, -0.25) is 4.99 Å². The summed E-state index contributed by atoms with van der Waals surface area (Å²) < 4.78 is 11.8. The number of fused-ring (bicyclic) bond motifs is 1. The van der Waals surface area contributed by atoms with Crippen LogP contribution < -0.4 is 10.6 Å². The first-order chi connectivity index (χ1) is 14.1. The van der Waals surface area contributed by atoms with Gasteiger partial charge in [-0.25, -0.2) is 4.98 Å². The van der Waals surface area contributed by atoms with Gasteiger partial charge in [-0.15, -0.1) is 0 Å². The van der Waals surface area contributed by atoms with E-state index < -0.39 is 0 Å². The number of oxazole rings is 1. The third kappa shape index (κ3) is 4.32. The molecule has 2 aromatic carbocycles. The van der Waals surface area contributed by atoms with E-state index in [1.165, 1.54) is 5.56 Å². The standard InChI is InChI=1S/C23H24N4O2/c1-15-8-10-17(11-9-15)21-13-25-22(29-21)14-26-23(24-3)27-16(2)20-12-18-6-4-5-7-19(18)28-20/h4-13,16H,14H2,1-3H3,(H2,24,26,27). The Kier molecular flexibility index (Phi) is 5.33. The van der Waals surface area contributed by atoms with E-state index in [1.54, 1.807) is 13.2 Å². The van der Waals surface area contributed by atoms with Gasteiger partial charge in [-0.2, -0.15) is 0 Å². The fourth-order valence-electron chi connectivity index (χ4n) is 3.09. The lowest BCUT2D eigenvalue weighted by Crippen LogP contribution is -2.38. The first kappa shape index (κ1) is 18.8. The molecule has 4 rings (SSSR count). The van der Waals surface area contributed by atoms with Crippen molar-refractivity contribution in [3.05, 3.63) is 78.0 Å². The van der Waals surface area contributed by atoms with Crippen LogP contribution in [0.25, 0.3) is 22.3 Å². The fourth-order valence-corrected chi connectivity index (χ4v) is 3.09. The number of nitrogens with one attached hydrogen (secondary N) is 2.